The lowest BCUT2D eigenvalue weighted by atomic mass is 10.1. The molecule has 0 saturated carbocycles. The van der Waals surface area contributed by atoms with Gasteiger partial charge in [-0.05, 0) is 42.8 Å². The Balaban J connectivity index is 1.74. The molecule has 1 atom stereocenters. The van der Waals surface area contributed by atoms with Crippen LogP contribution in [0.15, 0.2) is 42.5 Å². The van der Waals surface area contributed by atoms with Crippen LogP contribution < -0.4 is 15.4 Å². The third-order valence-corrected chi connectivity index (χ3v) is 3.81. The third-order valence-electron chi connectivity index (χ3n) is 3.57. The molecule has 1 aliphatic rings. The summed E-state index contributed by atoms with van der Waals surface area (Å²) in [5.41, 5.74) is 1.96. The second-order valence-corrected chi connectivity index (χ2v) is 5.73. The quantitative estimate of drug-likeness (QED) is 0.908. The first-order valence-corrected chi connectivity index (χ1v) is 7.54. The number of amides is 2. The van der Waals surface area contributed by atoms with Crippen LogP contribution >= 0.6 is 11.6 Å². The second kappa shape index (κ2) is 6.30. The molecule has 2 amide bonds. The highest BCUT2D eigenvalue weighted by Gasteiger charge is 2.18. The Hall–Kier alpha value is -2.53. The van der Waals surface area contributed by atoms with Crippen molar-refractivity contribution in [2.45, 2.75) is 13.0 Å². The molecule has 2 aromatic carbocycles. The van der Waals surface area contributed by atoms with Gasteiger partial charge >= 0.3 is 0 Å². The SMILES string of the molecule is C[C@H](NC(=O)c1ccc2c(c1)OCC(=O)N2)c1cccc(Cl)c1. The van der Waals surface area contributed by atoms with Crippen molar-refractivity contribution in [2.75, 3.05) is 11.9 Å². The van der Waals surface area contributed by atoms with E-state index in [2.05, 4.69) is 10.6 Å². The van der Waals surface area contributed by atoms with E-state index in [1.165, 1.54) is 0 Å². The maximum atomic E-state index is 12.4. The van der Waals surface area contributed by atoms with Crippen LogP contribution in [0.4, 0.5) is 5.69 Å². The summed E-state index contributed by atoms with van der Waals surface area (Å²) in [5.74, 6) is 0.0673. The lowest BCUT2D eigenvalue weighted by Gasteiger charge is -2.19. The Kier molecular flexibility index (Phi) is 4.21. The molecule has 0 saturated heterocycles. The van der Waals surface area contributed by atoms with Crippen molar-refractivity contribution in [3.05, 3.63) is 58.6 Å². The number of fused-ring (bicyclic) bond motifs is 1. The fourth-order valence-electron chi connectivity index (χ4n) is 2.36. The molecule has 2 N–H and O–H groups in total. The number of hydrogen-bond donors (Lipinski definition) is 2. The Morgan fingerprint density at radius 2 is 2.13 bits per heavy atom. The predicted octanol–water partition coefficient (Wildman–Crippen LogP) is 3.16. The monoisotopic (exact) mass is 330 g/mol. The smallest absolute Gasteiger partial charge is 0.262 e. The summed E-state index contributed by atoms with van der Waals surface area (Å²) in [5, 5.41) is 6.23. The predicted molar refractivity (Wildman–Crippen MR) is 87.9 cm³/mol. The van der Waals surface area contributed by atoms with Crippen molar-refractivity contribution in [1.29, 1.82) is 0 Å². The van der Waals surface area contributed by atoms with Gasteiger partial charge in [0.2, 0.25) is 0 Å². The van der Waals surface area contributed by atoms with Crippen LogP contribution in [-0.4, -0.2) is 18.4 Å². The van der Waals surface area contributed by atoms with Gasteiger partial charge in [0.05, 0.1) is 11.7 Å². The molecule has 3 rings (SSSR count). The number of ether oxygens (including phenoxy) is 1. The molecule has 6 heteroatoms. The third kappa shape index (κ3) is 3.46. The maximum absolute atomic E-state index is 12.4. The van der Waals surface area contributed by atoms with Crippen molar-refractivity contribution in [2.24, 2.45) is 0 Å². The first-order chi connectivity index (χ1) is 11.0. The van der Waals surface area contributed by atoms with Crippen LogP contribution in [0.3, 0.4) is 0 Å². The van der Waals surface area contributed by atoms with Gasteiger partial charge in [0, 0.05) is 10.6 Å². The molecular formula is C17H15ClN2O3. The fraction of sp³-hybridized carbons (Fsp3) is 0.176. The zero-order valence-electron chi connectivity index (χ0n) is 12.4. The topological polar surface area (TPSA) is 67.4 Å². The summed E-state index contributed by atoms with van der Waals surface area (Å²) >= 11 is 5.97. The number of carbonyl (C=O) groups excluding carboxylic acids is 2. The van der Waals surface area contributed by atoms with Gasteiger partial charge in [-0.15, -0.1) is 0 Å². The Morgan fingerprint density at radius 3 is 2.91 bits per heavy atom. The van der Waals surface area contributed by atoms with E-state index in [1.807, 2.05) is 25.1 Å². The van der Waals surface area contributed by atoms with Gasteiger partial charge in [-0.1, -0.05) is 23.7 Å². The molecule has 1 aliphatic heterocycles. The summed E-state index contributed by atoms with van der Waals surface area (Å²) < 4.78 is 5.32. The molecule has 0 fully saturated rings. The highest BCUT2D eigenvalue weighted by Crippen LogP contribution is 2.28. The Bertz CT molecular complexity index is 776. The average Bonchev–Trinajstić information content (AvgIpc) is 2.54. The zero-order valence-corrected chi connectivity index (χ0v) is 13.2. The van der Waals surface area contributed by atoms with Crippen molar-refractivity contribution >= 4 is 29.1 Å². The minimum Gasteiger partial charge on any atom is -0.482 e. The van der Waals surface area contributed by atoms with Crippen molar-refractivity contribution in [3.8, 4) is 5.75 Å². The van der Waals surface area contributed by atoms with Crippen LogP contribution in [-0.2, 0) is 4.79 Å². The van der Waals surface area contributed by atoms with E-state index in [4.69, 9.17) is 16.3 Å². The van der Waals surface area contributed by atoms with E-state index in [0.717, 1.165) is 5.56 Å². The number of anilines is 1. The summed E-state index contributed by atoms with van der Waals surface area (Å²) in [6.07, 6.45) is 0. The van der Waals surface area contributed by atoms with E-state index in [0.29, 0.717) is 22.0 Å². The number of nitrogens with one attached hydrogen (secondary N) is 2. The zero-order chi connectivity index (χ0) is 16.4. The van der Waals surface area contributed by atoms with Crippen molar-refractivity contribution in [3.63, 3.8) is 0 Å². The molecule has 0 radical (unpaired) electrons. The van der Waals surface area contributed by atoms with E-state index in [9.17, 15) is 9.59 Å². The van der Waals surface area contributed by atoms with Gasteiger partial charge < -0.3 is 15.4 Å². The number of rotatable bonds is 3. The standard InChI is InChI=1S/C17H15ClN2O3/c1-10(11-3-2-4-13(18)7-11)19-17(22)12-5-6-14-15(8-12)23-9-16(21)20-14/h2-8,10H,9H2,1H3,(H,19,22)(H,20,21)/t10-/m0/s1. The molecule has 0 aliphatic carbocycles. The van der Waals surface area contributed by atoms with E-state index < -0.39 is 0 Å². The lowest BCUT2D eigenvalue weighted by molar-refractivity contribution is -0.118. The van der Waals surface area contributed by atoms with Crippen LogP contribution in [0.1, 0.15) is 28.9 Å². The van der Waals surface area contributed by atoms with E-state index in [-0.39, 0.29) is 24.5 Å². The molecule has 0 bridgehead atoms. The number of carbonyl (C=O) groups is 2. The normalized spacial score (nSPS) is 14.3. The summed E-state index contributed by atoms with van der Waals surface area (Å²) in [6.45, 7) is 1.84. The van der Waals surface area contributed by atoms with Crippen LogP contribution in [0, 0.1) is 0 Å². The summed E-state index contributed by atoms with van der Waals surface area (Å²) in [6, 6.07) is 12.1. The minimum atomic E-state index is -0.222. The highest BCUT2D eigenvalue weighted by molar-refractivity contribution is 6.30. The molecule has 0 unspecified atom stereocenters. The molecule has 1 heterocycles. The molecular weight excluding hydrogens is 316 g/mol. The van der Waals surface area contributed by atoms with Crippen molar-refractivity contribution in [1.82, 2.24) is 5.32 Å². The van der Waals surface area contributed by atoms with Crippen LogP contribution in [0.2, 0.25) is 5.02 Å². The molecule has 118 valence electrons. The van der Waals surface area contributed by atoms with Gasteiger partial charge in [0.1, 0.15) is 5.75 Å². The highest BCUT2D eigenvalue weighted by atomic mass is 35.5. The first-order valence-electron chi connectivity index (χ1n) is 7.16. The van der Waals surface area contributed by atoms with Crippen molar-refractivity contribution < 1.29 is 14.3 Å². The molecule has 0 spiro atoms. The Morgan fingerprint density at radius 1 is 1.30 bits per heavy atom. The van der Waals surface area contributed by atoms with Gasteiger partial charge in [-0.2, -0.15) is 0 Å². The minimum absolute atomic E-state index is 0.0447. The molecule has 0 aromatic heterocycles. The van der Waals surface area contributed by atoms with Crippen LogP contribution in [0.25, 0.3) is 0 Å². The molecule has 5 nitrogen and oxygen atoms in total. The lowest BCUT2D eigenvalue weighted by Crippen LogP contribution is -2.28. The number of benzene rings is 2. The summed E-state index contributed by atoms with van der Waals surface area (Å²) in [7, 11) is 0. The van der Waals surface area contributed by atoms with E-state index >= 15 is 0 Å². The average molecular weight is 331 g/mol. The molecule has 23 heavy (non-hydrogen) atoms. The second-order valence-electron chi connectivity index (χ2n) is 5.30. The Labute approximate surface area is 138 Å². The maximum Gasteiger partial charge on any atom is 0.262 e. The fourth-order valence-corrected chi connectivity index (χ4v) is 2.55. The number of hydrogen-bond acceptors (Lipinski definition) is 3. The van der Waals surface area contributed by atoms with Gasteiger partial charge in [-0.3, -0.25) is 9.59 Å². The van der Waals surface area contributed by atoms with Gasteiger partial charge in [-0.25, -0.2) is 0 Å². The van der Waals surface area contributed by atoms with Gasteiger partial charge in [0.15, 0.2) is 6.61 Å². The van der Waals surface area contributed by atoms with Crippen LogP contribution in [0.5, 0.6) is 5.75 Å². The van der Waals surface area contributed by atoms with Gasteiger partial charge in [0.25, 0.3) is 11.8 Å². The first kappa shape index (κ1) is 15.4. The summed E-state index contributed by atoms with van der Waals surface area (Å²) in [4.78, 5) is 23.6. The van der Waals surface area contributed by atoms with E-state index in [1.54, 1.807) is 24.3 Å². The molecule has 2 aromatic rings. The largest absolute Gasteiger partial charge is 0.482 e. The number of halogens is 1.